The number of thioether (sulfide) groups is 1. The van der Waals surface area contributed by atoms with Crippen LogP contribution in [0, 0.1) is 0 Å². The summed E-state index contributed by atoms with van der Waals surface area (Å²) < 4.78 is 2.06. The third-order valence-electron chi connectivity index (χ3n) is 1.43. The van der Waals surface area contributed by atoms with Crippen molar-refractivity contribution in [2.24, 2.45) is 0 Å². The molecule has 0 N–H and O–H groups in total. The molecule has 2 aromatic rings. The summed E-state index contributed by atoms with van der Waals surface area (Å²) in [5, 5.41) is 4.24. The zero-order valence-electron chi connectivity index (χ0n) is 6.24. The molecular weight excluding hydrogens is 256 g/mol. The van der Waals surface area contributed by atoms with E-state index >= 15 is 0 Å². The van der Waals surface area contributed by atoms with Crippen LogP contribution in [0.3, 0.4) is 0 Å². The number of nitrogens with zero attached hydrogens (tertiary/aromatic N) is 2. The van der Waals surface area contributed by atoms with Gasteiger partial charge in [-0.05, 0) is 0 Å². The topological polar surface area (TPSA) is 17.3 Å². The largest absolute Gasteiger partial charge is 0.296 e. The molecule has 0 bridgehead atoms. The van der Waals surface area contributed by atoms with Crippen molar-refractivity contribution in [2.45, 2.75) is 5.03 Å². The highest BCUT2D eigenvalue weighted by molar-refractivity contribution is 9.09. The lowest BCUT2D eigenvalue weighted by Gasteiger charge is -1.90. The first-order valence-corrected chi connectivity index (χ1v) is 6.49. The van der Waals surface area contributed by atoms with E-state index in [2.05, 4.69) is 30.7 Å². The number of thiazole rings is 1. The maximum absolute atomic E-state index is 4.31. The fraction of sp³-hybridized carbons (Fsp3) is 0.286. The van der Waals surface area contributed by atoms with Crippen LogP contribution < -0.4 is 0 Å². The molecule has 2 nitrogen and oxygen atoms in total. The van der Waals surface area contributed by atoms with Gasteiger partial charge in [-0.25, -0.2) is 4.98 Å². The molecule has 0 aliphatic heterocycles. The highest BCUT2D eigenvalue weighted by Crippen LogP contribution is 2.25. The number of hydrogen-bond donors (Lipinski definition) is 0. The van der Waals surface area contributed by atoms with Crippen LogP contribution in [0.1, 0.15) is 0 Å². The molecule has 5 heteroatoms. The Morgan fingerprint density at radius 1 is 1.67 bits per heavy atom. The Hall–Kier alpha value is -0.0000000000000000833. The quantitative estimate of drug-likeness (QED) is 0.625. The smallest absolute Gasteiger partial charge is 0.133 e. The summed E-state index contributed by atoms with van der Waals surface area (Å²) in [6.45, 7) is 0. The third kappa shape index (κ3) is 1.53. The van der Waals surface area contributed by atoms with Gasteiger partial charge in [-0.1, -0.05) is 15.9 Å². The fourth-order valence-electron chi connectivity index (χ4n) is 0.945. The molecule has 0 aromatic carbocycles. The van der Waals surface area contributed by atoms with Gasteiger partial charge in [0.1, 0.15) is 16.2 Å². The predicted molar refractivity (Wildman–Crippen MR) is 57.6 cm³/mol. The van der Waals surface area contributed by atoms with Gasteiger partial charge in [-0.3, -0.25) is 4.40 Å². The number of imidazole rings is 1. The van der Waals surface area contributed by atoms with Gasteiger partial charge in [-0.15, -0.1) is 23.1 Å². The van der Waals surface area contributed by atoms with E-state index in [1.165, 1.54) is 4.83 Å². The first-order chi connectivity index (χ1) is 5.92. The van der Waals surface area contributed by atoms with Gasteiger partial charge in [0.2, 0.25) is 0 Å². The average Bonchev–Trinajstić information content (AvgIpc) is 2.62. The molecule has 2 rings (SSSR count). The van der Waals surface area contributed by atoms with Gasteiger partial charge in [0, 0.05) is 22.7 Å². The molecule has 0 fully saturated rings. The standard InChI is InChI=1S/C7H7BrN2S2/c8-1-3-11-6-7-10(5-9-6)2-4-12-7/h2,4-5H,1,3H2. The minimum Gasteiger partial charge on any atom is -0.296 e. The summed E-state index contributed by atoms with van der Waals surface area (Å²) >= 11 is 6.93. The van der Waals surface area contributed by atoms with Crippen molar-refractivity contribution in [1.29, 1.82) is 0 Å². The van der Waals surface area contributed by atoms with E-state index < -0.39 is 0 Å². The van der Waals surface area contributed by atoms with Crippen LogP contribution >= 0.6 is 39.0 Å². The molecule has 0 aliphatic rings. The first kappa shape index (κ1) is 8.59. The fourth-order valence-corrected chi connectivity index (χ4v) is 3.08. The Morgan fingerprint density at radius 2 is 2.58 bits per heavy atom. The van der Waals surface area contributed by atoms with Crippen LogP contribution in [0.25, 0.3) is 4.83 Å². The van der Waals surface area contributed by atoms with Crippen molar-refractivity contribution in [2.75, 3.05) is 11.1 Å². The minimum absolute atomic E-state index is 1.02. The number of fused-ring (bicyclic) bond motifs is 1. The second-order valence-electron chi connectivity index (χ2n) is 2.20. The van der Waals surface area contributed by atoms with Crippen LogP contribution in [0.15, 0.2) is 22.9 Å². The number of alkyl halides is 1. The Balaban J connectivity index is 2.28. The zero-order valence-corrected chi connectivity index (χ0v) is 9.45. The third-order valence-corrected chi connectivity index (χ3v) is 4.35. The van der Waals surface area contributed by atoms with Gasteiger partial charge in [0.25, 0.3) is 0 Å². The summed E-state index contributed by atoms with van der Waals surface area (Å²) in [6, 6.07) is 0. The Bertz CT molecular complexity index is 368. The van der Waals surface area contributed by atoms with Crippen molar-refractivity contribution in [3.63, 3.8) is 0 Å². The summed E-state index contributed by atoms with van der Waals surface area (Å²) in [6.07, 6.45) is 3.90. The number of halogens is 1. The highest BCUT2D eigenvalue weighted by atomic mass is 79.9. The van der Waals surface area contributed by atoms with Crippen molar-refractivity contribution < 1.29 is 0 Å². The Labute approximate surface area is 87.1 Å². The molecule has 0 atom stereocenters. The van der Waals surface area contributed by atoms with Crippen LogP contribution in [0.4, 0.5) is 0 Å². The maximum Gasteiger partial charge on any atom is 0.133 e. The molecule has 0 saturated carbocycles. The van der Waals surface area contributed by atoms with Crippen LogP contribution in [0.2, 0.25) is 0 Å². The van der Waals surface area contributed by atoms with E-state index in [0.717, 1.165) is 16.1 Å². The molecular formula is C7H7BrN2S2. The molecule has 2 heterocycles. The van der Waals surface area contributed by atoms with Crippen LogP contribution in [-0.4, -0.2) is 20.5 Å². The lowest BCUT2D eigenvalue weighted by molar-refractivity contribution is 1.15. The molecule has 2 aromatic heterocycles. The molecule has 0 saturated heterocycles. The van der Waals surface area contributed by atoms with Gasteiger partial charge >= 0.3 is 0 Å². The van der Waals surface area contributed by atoms with Gasteiger partial charge in [0.15, 0.2) is 0 Å². The van der Waals surface area contributed by atoms with E-state index in [-0.39, 0.29) is 0 Å². The molecule has 12 heavy (non-hydrogen) atoms. The van der Waals surface area contributed by atoms with Gasteiger partial charge in [-0.2, -0.15) is 0 Å². The summed E-state index contributed by atoms with van der Waals surface area (Å²) in [5.41, 5.74) is 0. The summed E-state index contributed by atoms with van der Waals surface area (Å²) in [5.74, 6) is 1.07. The second-order valence-corrected chi connectivity index (χ2v) is 4.97. The van der Waals surface area contributed by atoms with E-state index in [0.29, 0.717) is 0 Å². The normalized spacial score (nSPS) is 11.1. The second kappa shape index (κ2) is 3.81. The Kier molecular flexibility index (Phi) is 2.73. The molecule has 0 spiro atoms. The highest BCUT2D eigenvalue weighted by Gasteiger charge is 2.04. The van der Waals surface area contributed by atoms with E-state index in [4.69, 9.17) is 0 Å². The van der Waals surface area contributed by atoms with Crippen LogP contribution in [0.5, 0.6) is 0 Å². The van der Waals surface area contributed by atoms with E-state index in [1.807, 2.05) is 12.5 Å². The van der Waals surface area contributed by atoms with Gasteiger partial charge < -0.3 is 0 Å². The number of rotatable bonds is 3. The Morgan fingerprint density at radius 3 is 3.42 bits per heavy atom. The predicted octanol–water partition coefficient (Wildman–Crippen LogP) is 2.88. The van der Waals surface area contributed by atoms with Crippen molar-refractivity contribution in [3.05, 3.63) is 17.9 Å². The number of hydrogen-bond acceptors (Lipinski definition) is 3. The summed E-state index contributed by atoms with van der Waals surface area (Å²) in [7, 11) is 0. The van der Waals surface area contributed by atoms with E-state index in [1.54, 1.807) is 23.1 Å². The van der Waals surface area contributed by atoms with Crippen molar-refractivity contribution >= 4 is 43.9 Å². The van der Waals surface area contributed by atoms with Gasteiger partial charge in [0.05, 0.1) is 0 Å². The monoisotopic (exact) mass is 262 g/mol. The molecule has 0 amide bonds. The maximum atomic E-state index is 4.31. The molecule has 0 radical (unpaired) electrons. The lowest BCUT2D eigenvalue weighted by atomic mass is 10.9. The zero-order chi connectivity index (χ0) is 8.39. The molecule has 0 unspecified atom stereocenters. The first-order valence-electron chi connectivity index (χ1n) is 3.51. The number of aromatic nitrogens is 2. The minimum atomic E-state index is 1.02. The average molecular weight is 263 g/mol. The van der Waals surface area contributed by atoms with E-state index in [9.17, 15) is 0 Å². The van der Waals surface area contributed by atoms with Crippen molar-refractivity contribution in [1.82, 2.24) is 9.38 Å². The summed E-state index contributed by atoms with van der Waals surface area (Å²) in [4.78, 5) is 5.56. The molecule has 64 valence electrons. The SMILES string of the molecule is BrCCSc1ncn2ccsc12. The lowest BCUT2D eigenvalue weighted by Crippen LogP contribution is -1.78. The molecule has 0 aliphatic carbocycles. The van der Waals surface area contributed by atoms with Crippen LogP contribution in [-0.2, 0) is 0 Å². The van der Waals surface area contributed by atoms with Crippen molar-refractivity contribution in [3.8, 4) is 0 Å².